The zero-order valence-corrected chi connectivity index (χ0v) is 15.3. The van der Waals surface area contributed by atoms with E-state index in [2.05, 4.69) is 15.2 Å². The van der Waals surface area contributed by atoms with Crippen LogP contribution in [0.5, 0.6) is 11.5 Å². The molecule has 0 unspecified atom stereocenters. The maximum absolute atomic E-state index is 12.5. The summed E-state index contributed by atoms with van der Waals surface area (Å²) in [6.07, 6.45) is 0. The van der Waals surface area contributed by atoms with Crippen LogP contribution in [0.2, 0.25) is 0 Å². The highest BCUT2D eigenvalue weighted by Gasteiger charge is 2.23. The molecule has 0 aliphatic heterocycles. The number of carbonyl (C=O) groups is 1. The van der Waals surface area contributed by atoms with E-state index < -0.39 is 28.9 Å². The minimum absolute atomic E-state index is 0.0209. The van der Waals surface area contributed by atoms with Gasteiger partial charge in [-0.2, -0.15) is 8.78 Å². The molecule has 2 aromatic rings. The normalized spacial score (nSPS) is 11.0. The van der Waals surface area contributed by atoms with E-state index in [1.807, 2.05) is 0 Å². The molecule has 28 heavy (non-hydrogen) atoms. The molecule has 12 heteroatoms. The topological polar surface area (TPSA) is 120 Å². The first-order valence-electron chi connectivity index (χ1n) is 7.91. The Morgan fingerprint density at radius 2 is 2.11 bits per heavy atom. The molecule has 2 rings (SSSR count). The Morgan fingerprint density at radius 3 is 2.64 bits per heavy atom. The van der Waals surface area contributed by atoms with Gasteiger partial charge in [0.25, 0.3) is 5.69 Å². The van der Waals surface area contributed by atoms with Gasteiger partial charge in [-0.05, 0) is 20.0 Å². The molecule has 0 spiro atoms. The predicted octanol–water partition coefficient (Wildman–Crippen LogP) is 2.57. The number of nitro groups is 1. The van der Waals surface area contributed by atoms with Gasteiger partial charge in [-0.1, -0.05) is 5.16 Å². The minimum atomic E-state index is -3.16. The van der Waals surface area contributed by atoms with E-state index in [1.54, 1.807) is 14.0 Å². The number of ether oxygens (including phenoxy) is 2. The van der Waals surface area contributed by atoms with Crippen molar-refractivity contribution >= 4 is 17.4 Å². The Labute approximate surface area is 158 Å². The zero-order chi connectivity index (χ0) is 20.8. The Hall–Kier alpha value is -3.28. The quantitative estimate of drug-likeness (QED) is 0.504. The largest absolute Gasteiger partial charge is 0.493 e. The van der Waals surface area contributed by atoms with Gasteiger partial charge in [0.1, 0.15) is 5.76 Å². The lowest BCUT2D eigenvalue weighted by Gasteiger charge is -2.17. The number of hydrogen-bond donors (Lipinski definition) is 1. The monoisotopic (exact) mass is 400 g/mol. The summed E-state index contributed by atoms with van der Waals surface area (Å²) in [5, 5.41) is 17.5. The van der Waals surface area contributed by atoms with E-state index in [1.165, 1.54) is 24.1 Å². The Bertz CT molecular complexity index is 858. The number of amides is 1. The molecule has 0 radical (unpaired) electrons. The van der Waals surface area contributed by atoms with Crippen molar-refractivity contribution in [2.45, 2.75) is 20.1 Å². The van der Waals surface area contributed by atoms with Crippen LogP contribution in [-0.2, 0) is 11.3 Å². The van der Waals surface area contributed by atoms with Crippen LogP contribution >= 0.6 is 0 Å². The van der Waals surface area contributed by atoms with E-state index in [0.29, 0.717) is 5.76 Å². The third-order valence-corrected chi connectivity index (χ3v) is 3.53. The number of benzene rings is 1. The number of anilines is 1. The lowest BCUT2D eigenvalue weighted by atomic mass is 10.1. The fourth-order valence-electron chi connectivity index (χ4n) is 2.44. The molecule has 0 fully saturated rings. The van der Waals surface area contributed by atoms with Gasteiger partial charge in [0.15, 0.2) is 17.3 Å². The van der Waals surface area contributed by atoms with Gasteiger partial charge in [0.2, 0.25) is 5.91 Å². The van der Waals surface area contributed by atoms with Gasteiger partial charge in [-0.25, -0.2) is 0 Å². The molecule has 0 atom stereocenters. The van der Waals surface area contributed by atoms with Crippen LogP contribution in [0.15, 0.2) is 22.7 Å². The average molecular weight is 400 g/mol. The molecule has 0 bridgehead atoms. The number of nitrogens with zero attached hydrogens (tertiary/aromatic N) is 3. The number of halogens is 2. The molecule has 0 saturated carbocycles. The van der Waals surface area contributed by atoms with Gasteiger partial charge in [0, 0.05) is 18.2 Å². The predicted molar refractivity (Wildman–Crippen MR) is 92.5 cm³/mol. The van der Waals surface area contributed by atoms with E-state index in [9.17, 15) is 23.7 Å². The highest BCUT2D eigenvalue weighted by atomic mass is 19.3. The summed E-state index contributed by atoms with van der Waals surface area (Å²) in [6.45, 7) is -1.62. The van der Waals surface area contributed by atoms with Gasteiger partial charge in [0.05, 0.1) is 24.6 Å². The van der Waals surface area contributed by atoms with Gasteiger partial charge >= 0.3 is 6.61 Å². The molecular formula is C16H18F2N4O6. The van der Waals surface area contributed by atoms with Crippen molar-refractivity contribution in [3.63, 3.8) is 0 Å². The molecular weight excluding hydrogens is 382 g/mol. The summed E-state index contributed by atoms with van der Waals surface area (Å²) in [7, 11) is 2.79. The number of aromatic nitrogens is 1. The van der Waals surface area contributed by atoms with Crippen LogP contribution in [0.3, 0.4) is 0 Å². The smallest absolute Gasteiger partial charge is 0.387 e. The number of nitro benzene ring substituents is 1. The van der Waals surface area contributed by atoms with Crippen LogP contribution in [-0.4, -0.2) is 48.2 Å². The molecule has 1 N–H and O–H groups in total. The molecule has 1 aromatic carbocycles. The van der Waals surface area contributed by atoms with E-state index in [0.717, 1.165) is 6.07 Å². The number of likely N-dealkylation sites (N-methyl/N-ethyl adjacent to an activating group) is 1. The standard InChI is InChI=1S/C16H18F2N4O6/c1-9-4-14(20-28-9)19-15(23)8-21(2)7-10-5-12(26-3)13(27-16(17)18)6-11(10)22(24)25/h4-6,16H,7-8H2,1-3H3,(H,19,20,23). The van der Waals surface area contributed by atoms with Crippen LogP contribution in [0.25, 0.3) is 0 Å². The van der Waals surface area contributed by atoms with Gasteiger partial charge in [-0.15, -0.1) is 0 Å². The van der Waals surface area contributed by atoms with Gasteiger partial charge in [-0.3, -0.25) is 19.8 Å². The zero-order valence-electron chi connectivity index (χ0n) is 15.3. The molecule has 0 aliphatic carbocycles. The first-order chi connectivity index (χ1) is 13.2. The van der Waals surface area contributed by atoms with Gasteiger partial charge < -0.3 is 19.3 Å². The molecule has 1 amide bonds. The van der Waals surface area contributed by atoms with Crippen LogP contribution < -0.4 is 14.8 Å². The Morgan fingerprint density at radius 1 is 1.39 bits per heavy atom. The number of nitrogens with one attached hydrogen (secondary N) is 1. The lowest BCUT2D eigenvalue weighted by molar-refractivity contribution is -0.385. The molecule has 10 nitrogen and oxygen atoms in total. The second-order valence-corrected chi connectivity index (χ2v) is 5.81. The number of rotatable bonds is 9. The van der Waals surface area contributed by atoms with Crippen LogP contribution in [0, 0.1) is 17.0 Å². The van der Waals surface area contributed by atoms with Crippen molar-refractivity contribution in [3.05, 3.63) is 39.6 Å². The van der Waals surface area contributed by atoms with Crippen LogP contribution in [0.4, 0.5) is 20.3 Å². The molecule has 0 saturated heterocycles. The number of alkyl halides is 2. The Balaban J connectivity index is 2.14. The second-order valence-electron chi connectivity index (χ2n) is 5.81. The third kappa shape index (κ3) is 5.61. The van der Waals surface area contributed by atoms with E-state index in [4.69, 9.17) is 9.26 Å². The lowest BCUT2D eigenvalue weighted by Crippen LogP contribution is -2.30. The fourth-order valence-corrected chi connectivity index (χ4v) is 2.44. The summed E-state index contributed by atoms with van der Waals surface area (Å²) in [5.74, 6) is -0.177. The molecule has 1 heterocycles. The summed E-state index contributed by atoms with van der Waals surface area (Å²) in [6, 6.07) is 3.63. The number of hydrogen-bond acceptors (Lipinski definition) is 8. The number of methoxy groups -OCH3 is 1. The number of aryl methyl sites for hydroxylation is 1. The summed E-state index contributed by atoms with van der Waals surface area (Å²) in [5.41, 5.74) is -0.271. The highest BCUT2D eigenvalue weighted by molar-refractivity contribution is 5.91. The van der Waals surface area contributed by atoms with Crippen LogP contribution in [0.1, 0.15) is 11.3 Å². The first kappa shape index (κ1) is 21.0. The fraction of sp³-hybridized carbons (Fsp3) is 0.375. The maximum atomic E-state index is 12.5. The third-order valence-electron chi connectivity index (χ3n) is 3.53. The Kier molecular flexibility index (Phi) is 6.82. The number of carbonyl (C=O) groups excluding carboxylic acids is 1. The summed E-state index contributed by atoms with van der Waals surface area (Å²) < 4.78 is 39.1. The van der Waals surface area contributed by atoms with Crippen molar-refractivity contribution in [3.8, 4) is 11.5 Å². The van der Waals surface area contributed by atoms with Crippen molar-refractivity contribution in [1.82, 2.24) is 10.1 Å². The highest BCUT2D eigenvalue weighted by Crippen LogP contribution is 2.36. The van der Waals surface area contributed by atoms with Crippen molar-refractivity contribution in [2.24, 2.45) is 0 Å². The average Bonchev–Trinajstić information content (AvgIpc) is 2.99. The first-order valence-corrected chi connectivity index (χ1v) is 7.91. The maximum Gasteiger partial charge on any atom is 0.387 e. The summed E-state index contributed by atoms with van der Waals surface area (Å²) >= 11 is 0. The SMILES string of the molecule is COc1cc(CN(C)CC(=O)Nc2cc(C)on2)c([N+](=O)[O-])cc1OC(F)F. The summed E-state index contributed by atoms with van der Waals surface area (Å²) in [4.78, 5) is 24.1. The van der Waals surface area contributed by atoms with E-state index in [-0.39, 0.29) is 30.2 Å². The molecule has 1 aromatic heterocycles. The van der Waals surface area contributed by atoms with Crippen molar-refractivity contribution in [1.29, 1.82) is 0 Å². The van der Waals surface area contributed by atoms with Crippen molar-refractivity contribution < 1.29 is 32.5 Å². The van der Waals surface area contributed by atoms with E-state index >= 15 is 0 Å². The molecule has 152 valence electrons. The minimum Gasteiger partial charge on any atom is -0.493 e. The second kappa shape index (κ2) is 9.08. The van der Waals surface area contributed by atoms with Crippen molar-refractivity contribution in [2.75, 3.05) is 26.0 Å². The molecule has 0 aliphatic rings.